The molecule has 0 aliphatic carbocycles. The summed E-state index contributed by atoms with van der Waals surface area (Å²) in [7, 11) is 0. The van der Waals surface area contributed by atoms with E-state index in [9.17, 15) is 4.79 Å². The molecule has 15 heavy (non-hydrogen) atoms. The van der Waals surface area contributed by atoms with Crippen LogP contribution in [-0.4, -0.2) is 12.5 Å². The number of nitrogens with one attached hydrogen (secondary N) is 1. The molecule has 0 rings (SSSR count). The fourth-order valence-electron chi connectivity index (χ4n) is 1.82. The Labute approximate surface area is 94.8 Å². The molecule has 1 atom stereocenters. The molecule has 0 heterocycles. The summed E-state index contributed by atoms with van der Waals surface area (Å²) >= 11 is 0. The van der Waals surface area contributed by atoms with Gasteiger partial charge < -0.3 is 5.32 Å². The van der Waals surface area contributed by atoms with E-state index in [1.807, 2.05) is 13.8 Å². The number of carbonyl (C=O) groups is 1. The Bertz CT molecular complexity index is 179. The van der Waals surface area contributed by atoms with Crippen LogP contribution in [-0.2, 0) is 4.79 Å². The lowest BCUT2D eigenvalue weighted by Crippen LogP contribution is -2.36. The van der Waals surface area contributed by atoms with Crippen molar-refractivity contribution in [3.05, 3.63) is 0 Å². The smallest absolute Gasteiger partial charge is 0.222 e. The van der Waals surface area contributed by atoms with Crippen LogP contribution in [0, 0.1) is 23.7 Å². The van der Waals surface area contributed by atoms with Gasteiger partial charge in [-0.3, -0.25) is 4.79 Å². The van der Waals surface area contributed by atoms with E-state index in [1.165, 1.54) is 0 Å². The Morgan fingerprint density at radius 2 is 1.53 bits per heavy atom. The summed E-state index contributed by atoms with van der Waals surface area (Å²) in [5.74, 6) is 2.18. The van der Waals surface area contributed by atoms with Crippen LogP contribution in [0.25, 0.3) is 0 Å². The number of carbonyl (C=O) groups excluding carboxylic acids is 1. The average Bonchev–Trinajstić information content (AvgIpc) is 2.15. The van der Waals surface area contributed by atoms with Crippen LogP contribution in [0.3, 0.4) is 0 Å². The van der Waals surface area contributed by atoms with Gasteiger partial charge in [-0.2, -0.15) is 0 Å². The van der Waals surface area contributed by atoms with Crippen LogP contribution < -0.4 is 5.32 Å². The summed E-state index contributed by atoms with van der Waals surface area (Å²) in [6, 6.07) is 0. The van der Waals surface area contributed by atoms with E-state index in [-0.39, 0.29) is 11.8 Å². The highest BCUT2D eigenvalue weighted by molar-refractivity contribution is 5.78. The monoisotopic (exact) mass is 213 g/mol. The molecule has 0 aromatic carbocycles. The number of amides is 1. The second-order valence-corrected chi connectivity index (χ2v) is 5.21. The van der Waals surface area contributed by atoms with Crippen molar-refractivity contribution in [2.45, 2.75) is 48.0 Å². The van der Waals surface area contributed by atoms with Crippen LogP contribution in [0.15, 0.2) is 0 Å². The Morgan fingerprint density at radius 1 is 1.07 bits per heavy atom. The van der Waals surface area contributed by atoms with Crippen molar-refractivity contribution in [1.29, 1.82) is 0 Å². The molecule has 1 unspecified atom stereocenters. The van der Waals surface area contributed by atoms with Crippen LogP contribution in [0.2, 0.25) is 0 Å². The summed E-state index contributed by atoms with van der Waals surface area (Å²) in [5.41, 5.74) is 0. The fraction of sp³-hybridized carbons (Fsp3) is 0.923. The van der Waals surface area contributed by atoms with Crippen LogP contribution >= 0.6 is 0 Å². The van der Waals surface area contributed by atoms with Gasteiger partial charge in [-0.15, -0.1) is 0 Å². The topological polar surface area (TPSA) is 29.1 Å². The zero-order valence-electron chi connectivity index (χ0n) is 11.1. The Morgan fingerprint density at radius 3 is 1.87 bits per heavy atom. The first-order valence-corrected chi connectivity index (χ1v) is 6.17. The molecule has 2 nitrogen and oxygen atoms in total. The van der Waals surface area contributed by atoms with Crippen LogP contribution in [0.1, 0.15) is 48.0 Å². The summed E-state index contributed by atoms with van der Waals surface area (Å²) in [5, 5.41) is 3.06. The fourth-order valence-corrected chi connectivity index (χ4v) is 1.82. The molecule has 0 aliphatic heterocycles. The van der Waals surface area contributed by atoms with Gasteiger partial charge in [-0.1, -0.05) is 41.5 Å². The summed E-state index contributed by atoms with van der Waals surface area (Å²) in [6.07, 6.45) is 0.917. The van der Waals surface area contributed by atoms with Crippen molar-refractivity contribution in [3.8, 4) is 0 Å². The minimum absolute atomic E-state index is 0.143. The van der Waals surface area contributed by atoms with Gasteiger partial charge in [-0.05, 0) is 24.2 Å². The molecule has 2 heteroatoms. The lowest BCUT2D eigenvalue weighted by molar-refractivity contribution is -0.124. The standard InChI is InChI=1S/C13H27NO/c1-7-11(6)13(15)14-8-12(9(2)3)10(4)5/h9-12H,7-8H2,1-6H3,(H,14,15). The Hall–Kier alpha value is -0.530. The molecular formula is C13H27NO. The van der Waals surface area contributed by atoms with E-state index in [0.29, 0.717) is 17.8 Å². The minimum atomic E-state index is 0.143. The first-order chi connectivity index (χ1) is 6.90. The van der Waals surface area contributed by atoms with Gasteiger partial charge >= 0.3 is 0 Å². The second kappa shape index (κ2) is 6.86. The third-order valence-electron chi connectivity index (χ3n) is 3.28. The molecule has 0 fully saturated rings. The number of rotatable bonds is 6. The maximum absolute atomic E-state index is 11.6. The predicted molar refractivity (Wildman–Crippen MR) is 65.6 cm³/mol. The number of hydrogen-bond acceptors (Lipinski definition) is 1. The van der Waals surface area contributed by atoms with E-state index < -0.39 is 0 Å². The van der Waals surface area contributed by atoms with E-state index >= 15 is 0 Å². The molecule has 0 aromatic rings. The first-order valence-electron chi connectivity index (χ1n) is 6.17. The van der Waals surface area contributed by atoms with Crippen molar-refractivity contribution >= 4 is 5.91 Å². The quantitative estimate of drug-likeness (QED) is 0.722. The molecule has 0 saturated carbocycles. The van der Waals surface area contributed by atoms with Gasteiger partial charge in [0, 0.05) is 12.5 Å². The summed E-state index contributed by atoms with van der Waals surface area (Å²) < 4.78 is 0. The van der Waals surface area contributed by atoms with Crippen molar-refractivity contribution in [3.63, 3.8) is 0 Å². The zero-order valence-corrected chi connectivity index (χ0v) is 11.1. The SMILES string of the molecule is CCC(C)C(=O)NCC(C(C)C)C(C)C. The molecule has 90 valence electrons. The van der Waals surface area contributed by atoms with Crippen LogP contribution in [0.5, 0.6) is 0 Å². The van der Waals surface area contributed by atoms with Crippen molar-refractivity contribution in [1.82, 2.24) is 5.32 Å². The maximum atomic E-state index is 11.6. The van der Waals surface area contributed by atoms with Gasteiger partial charge in [0.25, 0.3) is 0 Å². The molecule has 0 aliphatic rings. The molecular weight excluding hydrogens is 186 g/mol. The summed E-state index contributed by atoms with van der Waals surface area (Å²) in [6.45, 7) is 13.7. The average molecular weight is 213 g/mol. The van der Waals surface area contributed by atoms with E-state index in [4.69, 9.17) is 0 Å². The predicted octanol–water partition coefficient (Wildman–Crippen LogP) is 3.08. The van der Waals surface area contributed by atoms with E-state index in [1.54, 1.807) is 0 Å². The van der Waals surface area contributed by atoms with Gasteiger partial charge in [0.2, 0.25) is 5.91 Å². The molecule has 1 amide bonds. The van der Waals surface area contributed by atoms with Gasteiger partial charge in [-0.25, -0.2) is 0 Å². The van der Waals surface area contributed by atoms with E-state index in [0.717, 1.165) is 13.0 Å². The number of hydrogen-bond donors (Lipinski definition) is 1. The van der Waals surface area contributed by atoms with Crippen molar-refractivity contribution in [2.75, 3.05) is 6.54 Å². The van der Waals surface area contributed by atoms with Crippen molar-refractivity contribution in [2.24, 2.45) is 23.7 Å². The summed E-state index contributed by atoms with van der Waals surface area (Å²) in [4.78, 5) is 11.6. The minimum Gasteiger partial charge on any atom is -0.356 e. The molecule has 0 radical (unpaired) electrons. The third kappa shape index (κ3) is 5.19. The highest BCUT2D eigenvalue weighted by atomic mass is 16.1. The maximum Gasteiger partial charge on any atom is 0.222 e. The highest BCUT2D eigenvalue weighted by Gasteiger charge is 2.19. The Kier molecular flexibility index (Phi) is 6.62. The molecule has 0 bridgehead atoms. The second-order valence-electron chi connectivity index (χ2n) is 5.21. The Balaban J connectivity index is 4.05. The molecule has 0 aromatic heterocycles. The zero-order chi connectivity index (χ0) is 12.0. The van der Waals surface area contributed by atoms with Crippen molar-refractivity contribution < 1.29 is 4.79 Å². The van der Waals surface area contributed by atoms with Crippen LogP contribution in [0.4, 0.5) is 0 Å². The third-order valence-corrected chi connectivity index (χ3v) is 3.28. The normalized spacial score (nSPS) is 13.7. The van der Waals surface area contributed by atoms with Gasteiger partial charge in [0.1, 0.15) is 0 Å². The first kappa shape index (κ1) is 14.5. The molecule has 1 N–H and O–H groups in total. The van der Waals surface area contributed by atoms with Gasteiger partial charge in [0.05, 0.1) is 0 Å². The van der Waals surface area contributed by atoms with E-state index in [2.05, 4.69) is 33.0 Å². The molecule has 0 spiro atoms. The largest absolute Gasteiger partial charge is 0.356 e. The highest BCUT2D eigenvalue weighted by Crippen LogP contribution is 2.19. The lowest BCUT2D eigenvalue weighted by Gasteiger charge is -2.25. The lowest BCUT2D eigenvalue weighted by atomic mass is 9.85. The van der Waals surface area contributed by atoms with Gasteiger partial charge in [0.15, 0.2) is 0 Å². The molecule has 0 saturated heterocycles.